The SMILES string of the molecule is COc1cccc(NC(=O)CN2C(=O)N[C@@](C)(C3CC3)C2=O)c1. The minimum Gasteiger partial charge on any atom is -0.497 e. The lowest BCUT2D eigenvalue weighted by Crippen LogP contribution is -2.46. The molecule has 1 aromatic rings. The van der Waals surface area contributed by atoms with Gasteiger partial charge in [0.05, 0.1) is 7.11 Å². The van der Waals surface area contributed by atoms with E-state index in [1.807, 2.05) is 0 Å². The second-order valence-corrected chi connectivity index (χ2v) is 6.08. The van der Waals surface area contributed by atoms with Crippen molar-refractivity contribution in [1.29, 1.82) is 0 Å². The first kappa shape index (κ1) is 15.3. The molecule has 0 unspecified atom stereocenters. The van der Waals surface area contributed by atoms with Gasteiger partial charge in [-0.3, -0.25) is 14.5 Å². The van der Waals surface area contributed by atoms with E-state index in [1.165, 1.54) is 7.11 Å². The molecule has 0 spiro atoms. The van der Waals surface area contributed by atoms with E-state index in [4.69, 9.17) is 4.74 Å². The quantitative estimate of drug-likeness (QED) is 0.803. The summed E-state index contributed by atoms with van der Waals surface area (Å²) >= 11 is 0. The maximum Gasteiger partial charge on any atom is 0.325 e. The number of anilines is 1. The molecule has 2 fully saturated rings. The summed E-state index contributed by atoms with van der Waals surface area (Å²) in [6, 6.07) is 6.37. The Bertz CT molecular complexity index is 671. The van der Waals surface area contributed by atoms with E-state index in [-0.39, 0.29) is 18.4 Å². The van der Waals surface area contributed by atoms with Crippen LogP contribution >= 0.6 is 0 Å². The molecule has 0 bridgehead atoms. The van der Waals surface area contributed by atoms with Gasteiger partial charge in [-0.1, -0.05) is 6.07 Å². The molecule has 1 atom stereocenters. The molecule has 1 saturated carbocycles. The molecule has 2 N–H and O–H groups in total. The van der Waals surface area contributed by atoms with Crippen molar-refractivity contribution >= 4 is 23.5 Å². The standard InChI is InChI=1S/C16H19N3O4/c1-16(10-6-7-10)14(21)19(15(22)18-16)9-13(20)17-11-4-3-5-12(8-11)23-2/h3-5,8,10H,6-7,9H2,1-2H3,(H,17,20)(H,18,22)/t16-/m0/s1. The lowest BCUT2D eigenvalue weighted by Gasteiger charge is -2.20. The van der Waals surface area contributed by atoms with Crippen LogP contribution < -0.4 is 15.4 Å². The number of ether oxygens (including phenoxy) is 1. The van der Waals surface area contributed by atoms with Gasteiger partial charge in [0.2, 0.25) is 5.91 Å². The number of nitrogens with zero attached hydrogens (tertiary/aromatic N) is 1. The van der Waals surface area contributed by atoms with Gasteiger partial charge in [-0.05, 0) is 37.8 Å². The van der Waals surface area contributed by atoms with Gasteiger partial charge >= 0.3 is 6.03 Å². The van der Waals surface area contributed by atoms with Gasteiger partial charge in [-0.25, -0.2) is 4.79 Å². The van der Waals surface area contributed by atoms with E-state index in [9.17, 15) is 14.4 Å². The molecule has 122 valence electrons. The van der Waals surface area contributed by atoms with Crippen molar-refractivity contribution in [3.63, 3.8) is 0 Å². The molecule has 4 amide bonds. The zero-order valence-corrected chi connectivity index (χ0v) is 13.1. The summed E-state index contributed by atoms with van der Waals surface area (Å²) in [7, 11) is 1.53. The van der Waals surface area contributed by atoms with E-state index in [2.05, 4.69) is 10.6 Å². The normalized spacial score (nSPS) is 23.7. The highest BCUT2D eigenvalue weighted by Crippen LogP contribution is 2.42. The van der Waals surface area contributed by atoms with Crippen LogP contribution in [0, 0.1) is 5.92 Å². The van der Waals surface area contributed by atoms with Crippen LogP contribution in [-0.4, -0.2) is 41.9 Å². The average Bonchev–Trinajstić information content (AvgIpc) is 3.34. The summed E-state index contributed by atoms with van der Waals surface area (Å²) in [4.78, 5) is 37.6. The number of rotatable bonds is 5. The maximum atomic E-state index is 12.5. The third-order valence-electron chi connectivity index (χ3n) is 4.35. The summed E-state index contributed by atoms with van der Waals surface area (Å²) in [5, 5.41) is 5.38. The van der Waals surface area contributed by atoms with Crippen molar-refractivity contribution in [2.45, 2.75) is 25.3 Å². The minimum absolute atomic E-state index is 0.172. The van der Waals surface area contributed by atoms with Crippen LogP contribution in [0.3, 0.4) is 0 Å². The van der Waals surface area contributed by atoms with Gasteiger partial charge in [0.1, 0.15) is 17.8 Å². The van der Waals surface area contributed by atoms with Crippen molar-refractivity contribution in [2.24, 2.45) is 5.92 Å². The zero-order valence-electron chi connectivity index (χ0n) is 13.1. The Morgan fingerprint density at radius 2 is 2.17 bits per heavy atom. The Morgan fingerprint density at radius 3 is 2.83 bits per heavy atom. The highest BCUT2D eigenvalue weighted by Gasteiger charge is 2.56. The Labute approximate surface area is 134 Å². The van der Waals surface area contributed by atoms with Gasteiger partial charge in [0.15, 0.2) is 0 Å². The number of hydrogen-bond donors (Lipinski definition) is 2. The number of carbonyl (C=O) groups excluding carboxylic acids is 3. The van der Waals surface area contributed by atoms with Crippen LogP contribution in [0.15, 0.2) is 24.3 Å². The second-order valence-electron chi connectivity index (χ2n) is 6.08. The van der Waals surface area contributed by atoms with Crippen molar-refractivity contribution in [3.8, 4) is 5.75 Å². The highest BCUT2D eigenvalue weighted by atomic mass is 16.5. The van der Waals surface area contributed by atoms with Crippen LogP contribution in [0.1, 0.15) is 19.8 Å². The number of hydrogen-bond acceptors (Lipinski definition) is 4. The third-order valence-corrected chi connectivity index (χ3v) is 4.35. The average molecular weight is 317 g/mol. The Hall–Kier alpha value is -2.57. The molecule has 3 rings (SSSR count). The van der Waals surface area contributed by atoms with Crippen molar-refractivity contribution < 1.29 is 19.1 Å². The first-order valence-electron chi connectivity index (χ1n) is 7.52. The molecule has 1 aromatic carbocycles. The van der Waals surface area contributed by atoms with E-state index in [1.54, 1.807) is 31.2 Å². The van der Waals surface area contributed by atoms with Crippen LogP contribution in [0.4, 0.5) is 10.5 Å². The van der Waals surface area contributed by atoms with E-state index in [0.29, 0.717) is 11.4 Å². The van der Waals surface area contributed by atoms with Crippen molar-refractivity contribution in [3.05, 3.63) is 24.3 Å². The molecule has 0 aromatic heterocycles. The first-order chi connectivity index (χ1) is 10.9. The molecule has 1 heterocycles. The molecule has 0 radical (unpaired) electrons. The van der Waals surface area contributed by atoms with Crippen LogP contribution in [0.5, 0.6) is 5.75 Å². The van der Waals surface area contributed by atoms with Gasteiger partial charge < -0.3 is 15.4 Å². The fourth-order valence-corrected chi connectivity index (χ4v) is 2.84. The number of amides is 4. The summed E-state index contributed by atoms with van der Waals surface area (Å²) in [5.41, 5.74) is -0.320. The van der Waals surface area contributed by atoms with Crippen molar-refractivity contribution in [2.75, 3.05) is 19.0 Å². The molecular weight excluding hydrogens is 298 g/mol. The van der Waals surface area contributed by atoms with Crippen LogP contribution in [-0.2, 0) is 9.59 Å². The van der Waals surface area contributed by atoms with E-state index in [0.717, 1.165) is 17.7 Å². The molecule has 23 heavy (non-hydrogen) atoms. The number of urea groups is 1. The first-order valence-corrected chi connectivity index (χ1v) is 7.52. The smallest absolute Gasteiger partial charge is 0.325 e. The topological polar surface area (TPSA) is 87.7 Å². The monoisotopic (exact) mass is 317 g/mol. The molecule has 7 nitrogen and oxygen atoms in total. The molecule has 1 aliphatic heterocycles. The zero-order chi connectivity index (χ0) is 16.6. The predicted molar refractivity (Wildman–Crippen MR) is 83.0 cm³/mol. The number of methoxy groups -OCH3 is 1. The molecule has 2 aliphatic rings. The highest BCUT2D eigenvalue weighted by molar-refractivity contribution is 6.10. The largest absolute Gasteiger partial charge is 0.497 e. The second kappa shape index (κ2) is 5.57. The van der Waals surface area contributed by atoms with Crippen molar-refractivity contribution in [1.82, 2.24) is 10.2 Å². The van der Waals surface area contributed by atoms with Crippen LogP contribution in [0.25, 0.3) is 0 Å². The fourth-order valence-electron chi connectivity index (χ4n) is 2.84. The summed E-state index contributed by atoms with van der Waals surface area (Å²) < 4.78 is 5.08. The van der Waals surface area contributed by atoms with Gasteiger partial charge in [-0.2, -0.15) is 0 Å². The Balaban J connectivity index is 1.65. The summed E-state index contributed by atoms with van der Waals surface area (Å²) in [6.45, 7) is 1.43. The fraction of sp³-hybridized carbons (Fsp3) is 0.438. The van der Waals surface area contributed by atoms with Gasteiger partial charge in [-0.15, -0.1) is 0 Å². The lowest BCUT2D eigenvalue weighted by molar-refractivity contribution is -0.134. The molecule has 7 heteroatoms. The predicted octanol–water partition coefficient (Wildman–Crippen LogP) is 1.35. The van der Waals surface area contributed by atoms with Gasteiger partial charge in [0, 0.05) is 11.8 Å². The number of benzene rings is 1. The minimum atomic E-state index is -0.868. The Morgan fingerprint density at radius 1 is 1.43 bits per heavy atom. The van der Waals surface area contributed by atoms with Crippen LogP contribution in [0.2, 0.25) is 0 Å². The Kier molecular flexibility index (Phi) is 3.71. The van der Waals surface area contributed by atoms with E-state index < -0.39 is 17.5 Å². The third kappa shape index (κ3) is 2.86. The maximum absolute atomic E-state index is 12.5. The van der Waals surface area contributed by atoms with Gasteiger partial charge in [0.25, 0.3) is 5.91 Å². The summed E-state index contributed by atoms with van der Waals surface area (Å²) in [5.74, 6) is 0.0251. The number of nitrogens with one attached hydrogen (secondary N) is 2. The van der Waals surface area contributed by atoms with E-state index >= 15 is 0 Å². The lowest BCUT2D eigenvalue weighted by atomic mass is 9.96. The molecular formula is C16H19N3O4. The molecule has 1 saturated heterocycles. The number of imide groups is 1. The molecule has 1 aliphatic carbocycles. The summed E-state index contributed by atoms with van der Waals surface area (Å²) in [6.07, 6.45) is 1.85. The number of carbonyl (C=O) groups is 3.